The number of rotatable bonds is 4. The van der Waals surface area contributed by atoms with Crippen LogP contribution in [-0.2, 0) is 6.42 Å². The van der Waals surface area contributed by atoms with Crippen LogP contribution in [0, 0.1) is 0 Å². The number of benzene rings is 1. The zero-order valence-electron chi connectivity index (χ0n) is 12.3. The topological polar surface area (TPSA) is 35.9 Å². The maximum Gasteiger partial charge on any atom is 0.123 e. The Morgan fingerprint density at radius 2 is 2.15 bits per heavy atom. The summed E-state index contributed by atoms with van der Waals surface area (Å²) in [6, 6.07) is 8.72. The van der Waals surface area contributed by atoms with Crippen molar-refractivity contribution in [3.05, 3.63) is 29.8 Å². The first kappa shape index (κ1) is 13.9. The van der Waals surface area contributed by atoms with Gasteiger partial charge in [-0.05, 0) is 32.1 Å². The van der Waals surface area contributed by atoms with Crippen LogP contribution in [0.4, 0.5) is 0 Å². The third-order valence-electron chi connectivity index (χ3n) is 4.23. The molecule has 4 nitrogen and oxygen atoms in total. The van der Waals surface area contributed by atoms with Gasteiger partial charge in [-0.3, -0.25) is 4.90 Å². The van der Waals surface area contributed by atoms with Gasteiger partial charge in [-0.1, -0.05) is 18.2 Å². The predicted octanol–water partition coefficient (Wildman–Crippen LogP) is 0.987. The smallest absolute Gasteiger partial charge is 0.123 e. The molecule has 1 aromatic rings. The van der Waals surface area contributed by atoms with Gasteiger partial charge in [-0.25, -0.2) is 0 Å². The standard InChI is InChI=1S/C16H24N2O2/c1-17(2)9-13-8-14(19)10-18(13)11-15-7-12-5-3-4-6-16(12)20-15/h3-6,13-15,19H,7-11H2,1-2H3. The Morgan fingerprint density at radius 3 is 2.90 bits per heavy atom. The monoisotopic (exact) mass is 276 g/mol. The minimum atomic E-state index is -0.191. The fraction of sp³-hybridized carbons (Fsp3) is 0.625. The summed E-state index contributed by atoms with van der Waals surface area (Å²) >= 11 is 0. The molecule has 0 radical (unpaired) electrons. The molecule has 1 N–H and O–H groups in total. The molecule has 3 rings (SSSR count). The first-order valence-corrected chi connectivity index (χ1v) is 7.43. The molecule has 1 aromatic carbocycles. The summed E-state index contributed by atoms with van der Waals surface area (Å²) in [4.78, 5) is 4.58. The molecule has 0 amide bonds. The van der Waals surface area contributed by atoms with Crippen molar-refractivity contribution in [1.29, 1.82) is 0 Å². The Kier molecular flexibility index (Phi) is 3.96. The second kappa shape index (κ2) is 5.72. The SMILES string of the molecule is CN(C)CC1CC(O)CN1CC1Cc2ccccc2O1. The number of likely N-dealkylation sites (tertiary alicyclic amines) is 1. The number of ether oxygens (including phenoxy) is 1. The van der Waals surface area contributed by atoms with E-state index in [4.69, 9.17) is 4.74 Å². The van der Waals surface area contributed by atoms with E-state index in [9.17, 15) is 5.11 Å². The van der Waals surface area contributed by atoms with E-state index >= 15 is 0 Å². The van der Waals surface area contributed by atoms with E-state index in [1.165, 1.54) is 5.56 Å². The molecule has 0 saturated carbocycles. The Morgan fingerprint density at radius 1 is 1.35 bits per heavy atom. The van der Waals surface area contributed by atoms with E-state index in [1.54, 1.807) is 0 Å². The van der Waals surface area contributed by atoms with E-state index in [1.807, 2.05) is 12.1 Å². The Balaban J connectivity index is 1.60. The van der Waals surface area contributed by atoms with Crippen molar-refractivity contribution in [3.63, 3.8) is 0 Å². The van der Waals surface area contributed by atoms with E-state index in [2.05, 4.69) is 36.0 Å². The van der Waals surface area contributed by atoms with Gasteiger partial charge in [0, 0.05) is 32.1 Å². The van der Waals surface area contributed by atoms with Crippen molar-refractivity contribution in [2.45, 2.75) is 31.1 Å². The molecular weight excluding hydrogens is 252 g/mol. The van der Waals surface area contributed by atoms with Crippen LogP contribution in [0.3, 0.4) is 0 Å². The molecule has 0 aliphatic carbocycles. The normalized spacial score (nSPS) is 29.7. The van der Waals surface area contributed by atoms with Crippen molar-refractivity contribution in [2.75, 3.05) is 33.7 Å². The van der Waals surface area contributed by atoms with Gasteiger partial charge in [0.1, 0.15) is 11.9 Å². The van der Waals surface area contributed by atoms with E-state index in [0.29, 0.717) is 6.04 Å². The quantitative estimate of drug-likeness (QED) is 0.889. The summed E-state index contributed by atoms with van der Waals surface area (Å²) in [5.74, 6) is 1.03. The Hall–Kier alpha value is -1.10. The van der Waals surface area contributed by atoms with Crippen LogP contribution in [-0.4, -0.2) is 66.9 Å². The Bertz CT molecular complexity index is 439. The van der Waals surface area contributed by atoms with Crippen molar-refractivity contribution < 1.29 is 9.84 Å². The van der Waals surface area contributed by atoms with Gasteiger partial charge in [0.2, 0.25) is 0 Å². The minimum absolute atomic E-state index is 0.191. The number of aliphatic hydroxyl groups is 1. The average Bonchev–Trinajstić information content (AvgIpc) is 2.92. The molecule has 2 aliphatic heterocycles. The lowest BCUT2D eigenvalue weighted by molar-refractivity contribution is 0.120. The van der Waals surface area contributed by atoms with Crippen molar-refractivity contribution >= 4 is 0 Å². The van der Waals surface area contributed by atoms with E-state index < -0.39 is 0 Å². The number of hydrogen-bond donors (Lipinski definition) is 1. The third kappa shape index (κ3) is 2.97. The highest BCUT2D eigenvalue weighted by Crippen LogP contribution is 2.29. The molecule has 1 saturated heterocycles. The Labute approximate surface area is 120 Å². The molecule has 0 bridgehead atoms. The van der Waals surface area contributed by atoms with Gasteiger partial charge in [-0.15, -0.1) is 0 Å². The number of likely N-dealkylation sites (N-methyl/N-ethyl adjacent to an activating group) is 1. The van der Waals surface area contributed by atoms with Crippen LogP contribution in [0.25, 0.3) is 0 Å². The van der Waals surface area contributed by atoms with E-state index in [-0.39, 0.29) is 12.2 Å². The highest BCUT2D eigenvalue weighted by atomic mass is 16.5. The first-order valence-electron chi connectivity index (χ1n) is 7.43. The summed E-state index contributed by atoms with van der Waals surface area (Å²) in [5.41, 5.74) is 1.31. The van der Waals surface area contributed by atoms with Gasteiger partial charge in [0.05, 0.1) is 6.10 Å². The van der Waals surface area contributed by atoms with Crippen molar-refractivity contribution in [1.82, 2.24) is 9.80 Å². The van der Waals surface area contributed by atoms with Crippen LogP contribution in [0.1, 0.15) is 12.0 Å². The first-order chi connectivity index (χ1) is 9.61. The molecule has 2 aliphatic rings. The molecule has 110 valence electrons. The lowest BCUT2D eigenvalue weighted by Crippen LogP contribution is -2.42. The number of para-hydroxylation sites is 1. The van der Waals surface area contributed by atoms with Crippen LogP contribution < -0.4 is 4.74 Å². The summed E-state index contributed by atoms with van der Waals surface area (Å²) in [5, 5.41) is 9.93. The van der Waals surface area contributed by atoms with Crippen LogP contribution in [0.2, 0.25) is 0 Å². The van der Waals surface area contributed by atoms with Gasteiger partial charge in [0.25, 0.3) is 0 Å². The molecule has 2 heterocycles. The van der Waals surface area contributed by atoms with Crippen molar-refractivity contribution in [3.8, 4) is 5.75 Å². The maximum atomic E-state index is 9.93. The van der Waals surface area contributed by atoms with Crippen molar-refractivity contribution in [2.24, 2.45) is 0 Å². The highest BCUT2D eigenvalue weighted by molar-refractivity contribution is 5.37. The van der Waals surface area contributed by atoms with Crippen LogP contribution in [0.5, 0.6) is 5.75 Å². The lowest BCUT2D eigenvalue weighted by atomic mass is 10.1. The van der Waals surface area contributed by atoms with Gasteiger partial charge >= 0.3 is 0 Å². The van der Waals surface area contributed by atoms with E-state index in [0.717, 1.165) is 38.2 Å². The molecule has 3 atom stereocenters. The zero-order valence-corrected chi connectivity index (χ0v) is 12.3. The molecule has 4 heteroatoms. The number of β-amino-alcohol motifs (C(OH)–C–C–N with tert-alkyl or cyclic N) is 1. The third-order valence-corrected chi connectivity index (χ3v) is 4.23. The minimum Gasteiger partial charge on any atom is -0.488 e. The largest absolute Gasteiger partial charge is 0.488 e. The maximum absolute atomic E-state index is 9.93. The number of aliphatic hydroxyl groups excluding tert-OH is 1. The van der Waals surface area contributed by atoms with Gasteiger partial charge in [0.15, 0.2) is 0 Å². The second-order valence-electron chi connectivity index (χ2n) is 6.31. The number of fused-ring (bicyclic) bond motifs is 1. The molecule has 0 aromatic heterocycles. The van der Waals surface area contributed by atoms with Gasteiger partial charge < -0.3 is 14.7 Å². The zero-order chi connectivity index (χ0) is 14.1. The molecule has 3 unspecified atom stereocenters. The van der Waals surface area contributed by atoms with Gasteiger partial charge in [-0.2, -0.15) is 0 Å². The molecule has 1 fully saturated rings. The highest BCUT2D eigenvalue weighted by Gasteiger charge is 2.34. The van der Waals surface area contributed by atoms with Crippen LogP contribution in [0.15, 0.2) is 24.3 Å². The summed E-state index contributed by atoms with van der Waals surface area (Å²) in [6.07, 6.45) is 1.89. The molecular formula is C16H24N2O2. The molecule has 20 heavy (non-hydrogen) atoms. The fourth-order valence-corrected chi connectivity index (χ4v) is 3.41. The number of nitrogens with zero attached hydrogens (tertiary/aromatic N) is 2. The molecule has 0 spiro atoms. The number of hydrogen-bond acceptors (Lipinski definition) is 4. The summed E-state index contributed by atoms with van der Waals surface area (Å²) < 4.78 is 6.02. The van der Waals surface area contributed by atoms with Crippen LogP contribution >= 0.6 is 0 Å². The summed E-state index contributed by atoms with van der Waals surface area (Å²) in [7, 11) is 4.18. The lowest BCUT2D eigenvalue weighted by Gasteiger charge is -2.28. The second-order valence-corrected chi connectivity index (χ2v) is 6.31. The fourth-order valence-electron chi connectivity index (χ4n) is 3.41. The predicted molar refractivity (Wildman–Crippen MR) is 79.1 cm³/mol. The summed E-state index contributed by atoms with van der Waals surface area (Å²) in [6.45, 7) is 2.68. The average molecular weight is 276 g/mol.